The summed E-state index contributed by atoms with van der Waals surface area (Å²) in [5.41, 5.74) is 1.10. The van der Waals surface area contributed by atoms with Crippen LogP contribution in [-0.4, -0.2) is 28.6 Å². The highest BCUT2D eigenvalue weighted by Crippen LogP contribution is 2.19. The summed E-state index contributed by atoms with van der Waals surface area (Å²) in [6, 6.07) is 0.735. The highest BCUT2D eigenvalue weighted by atomic mass is 32.1. The Kier molecular flexibility index (Phi) is 4.40. The predicted molar refractivity (Wildman–Crippen MR) is 72.8 cm³/mol. The van der Waals surface area contributed by atoms with Gasteiger partial charge >= 0.3 is 4.87 Å². The first-order valence-corrected chi connectivity index (χ1v) is 7.49. The van der Waals surface area contributed by atoms with Crippen molar-refractivity contribution in [2.45, 2.75) is 52.1 Å². The van der Waals surface area contributed by atoms with Crippen molar-refractivity contribution in [3.63, 3.8) is 0 Å². The molecule has 0 radical (unpaired) electrons. The molecule has 1 aliphatic heterocycles. The first-order chi connectivity index (χ1) is 8.22. The normalized spacial score (nSPS) is 21.9. The molecule has 1 saturated heterocycles. The fourth-order valence-electron chi connectivity index (χ4n) is 2.72. The van der Waals surface area contributed by atoms with Crippen molar-refractivity contribution in [2.75, 3.05) is 13.1 Å². The number of hydrogen-bond acceptors (Lipinski definition) is 3. The third-order valence-corrected chi connectivity index (χ3v) is 4.69. The van der Waals surface area contributed by atoms with Crippen LogP contribution in [0.4, 0.5) is 0 Å². The molecular formula is C13H22N2OS. The SMILES string of the molecule is CCC1CCCCN1CCn1c(C)csc1=O. The second-order valence-corrected chi connectivity index (χ2v) is 5.71. The Morgan fingerprint density at radius 2 is 2.24 bits per heavy atom. The average molecular weight is 254 g/mol. The predicted octanol–water partition coefficient (Wildman–Crippen LogP) is 2.48. The van der Waals surface area contributed by atoms with Crippen LogP contribution in [0.15, 0.2) is 10.2 Å². The maximum atomic E-state index is 11.6. The Morgan fingerprint density at radius 3 is 2.88 bits per heavy atom. The lowest BCUT2D eigenvalue weighted by atomic mass is 10.0. The Labute approximate surface area is 107 Å². The topological polar surface area (TPSA) is 25.2 Å². The van der Waals surface area contributed by atoms with Crippen LogP contribution in [0.2, 0.25) is 0 Å². The maximum absolute atomic E-state index is 11.6. The molecule has 96 valence electrons. The van der Waals surface area contributed by atoms with Gasteiger partial charge in [0.15, 0.2) is 0 Å². The van der Waals surface area contributed by atoms with E-state index in [1.165, 1.54) is 43.6 Å². The number of piperidine rings is 1. The van der Waals surface area contributed by atoms with Crippen LogP contribution in [0.25, 0.3) is 0 Å². The molecule has 0 bridgehead atoms. The van der Waals surface area contributed by atoms with E-state index >= 15 is 0 Å². The Hall–Kier alpha value is -0.610. The van der Waals surface area contributed by atoms with Crippen molar-refractivity contribution in [2.24, 2.45) is 0 Å². The summed E-state index contributed by atoms with van der Waals surface area (Å²) in [6.07, 6.45) is 5.24. The fraction of sp³-hybridized carbons (Fsp3) is 0.769. The number of rotatable bonds is 4. The molecule has 0 spiro atoms. The summed E-state index contributed by atoms with van der Waals surface area (Å²) in [5, 5.41) is 1.95. The van der Waals surface area contributed by atoms with E-state index in [1.807, 2.05) is 16.9 Å². The van der Waals surface area contributed by atoms with Gasteiger partial charge in [-0.05, 0) is 32.7 Å². The molecule has 1 aromatic rings. The Bertz CT molecular complexity index is 410. The van der Waals surface area contributed by atoms with Crippen molar-refractivity contribution in [1.82, 2.24) is 9.47 Å². The third kappa shape index (κ3) is 2.99. The molecule has 1 aliphatic rings. The van der Waals surface area contributed by atoms with Crippen LogP contribution >= 0.6 is 11.3 Å². The summed E-state index contributed by atoms with van der Waals surface area (Å²) in [5.74, 6) is 0. The standard InChI is InChI=1S/C13H22N2OS/c1-3-12-6-4-5-7-14(12)8-9-15-11(2)10-17-13(15)16/h10,12H,3-9H2,1-2H3. The van der Waals surface area contributed by atoms with Gasteiger partial charge < -0.3 is 4.57 Å². The molecule has 2 heterocycles. The van der Waals surface area contributed by atoms with E-state index < -0.39 is 0 Å². The van der Waals surface area contributed by atoms with Gasteiger partial charge in [-0.25, -0.2) is 0 Å². The van der Waals surface area contributed by atoms with Crippen LogP contribution in [-0.2, 0) is 6.54 Å². The van der Waals surface area contributed by atoms with Crippen molar-refractivity contribution in [3.8, 4) is 0 Å². The number of likely N-dealkylation sites (tertiary alicyclic amines) is 1. The van der Waals surface area contributed by atoms with Gasteiger partial charge in [0.05, 0.1) is 0 Å². The molecule has 3 nitrogen and oxygen atoms in total. The van der Waals surface area contributed by atoms with E-state index in [4.69, 9.17) is 0 Å². The van der Waals surface area contributed by atoms with Crippen LogP contribution < -0.4 is 4.87 Å². The van der Waals surface area contributed by atoms with Crippen LogP contribution in [0, 0.1) is 6.92 Å². The van der Waals surface area contributed by atoms with E-state index in [1.54, 1.807) is 0 Å². The van der Waals surface area contributed by atoms with E-state index in [0.717, 1.165) is 24.8 Å². The number of aromatic nitrogens is 1. The van der Waals surface area contributed by atoms with Crippen LogP contribution in [0.1, 0.15) is 38.3 Å². The minimum absolute atomic E-state index is 0.188. The molecule has 0 amide bonds. The number of thiazole rings is 1. The van der Waals surface area contributed by atoms with Crippen molar-refractivity contribution < 1.29 is 0 Å². The average Bonchev–Trinajstić information content (AvgIpc) is 2.67. The quantitative estimate of drug-likeness (QED) is 0.825. The van der Waals surface area contributed by atoms with E-state index in [2.05, 4.69) is 11.8 Å². The molecule has 0 aliphatic carbocycles. The lowest BCUT2D eigenvalue weighted by Gasteiger charge is -2.35. The van der Waals surface area contributed by atoms with Crippen molar-refractivity contribution in [1.29, 1.82) is 0 Å². The van der Waals surface area contributed by atoms with Crippen LogP contribution in [0.3, 0.4) is 0 Å². The highest BCUT2D eigenvalue weighted by molar-refractivity contribution is 7.07. The Balaban J connectivity index is 1.95. The number of nitrogens with zero attached hydrogens (tertiary/aromatic N) is 2. The minimum Gasteiger partial charge on any atom is -0.302 e. The summed E-state index contributed by atoms with van der Waals surface area (Å²) in [7, 11) is 0. The minimum atomic E-state index is 0.188. The van der Waals surface area contributed by atoms with Gasteiger partial charge in [-0.3, -0.25) is 9.69 Å². The van der Waals surface area contributed by atoms with Gasteiger partial charge in [0.1, 0.15) is 0 Å². The zero-order valence-corrected chi connectivity index (χ0v) is 11.6. The molecule has 1 fully saturated rings. The summed E-state index contributed by atoms with van der Waals surface area (Å²) in [6.45, 7) is 7.37. The first-order valence-electron chi connectivity index (χ1n) is 6.61. The maximum Gasteiger partial charge on any atom is 0.307 e. The largest absolute Gasteiger partial charge is 0.307 e. The number of aryl methyl sites for hydroxylation is 1. The fourth-order valence-corrected chi connectivity index (χ4v) is 3.48. The third-order valence-electron chi connectivity index (χ3n) is 3.81. The van der Waals surface area contributed by atoms with E-state index in [9.17, 15) is 4.79 Å². The van der Waals surface area contributed by atoms with Gasteiger partial charge in [0.25, 0.3) is 0 Å². The van der Waals surface area contributed by atoms with E-state index in [-0.39, 0.29) is 4.87 Å². The summed E-state index contributed by atoms with van der Waals surface area (Å²) < 4.78 is 1.91. The molecule has 0 saturated carbocycles. The molecule has 0 N–H and O–H groups in total. The van der Waals surface area contributed by atoms with Gasteiger partial charge in [-0.1, -0.05) is 24.7 Å². The van der Waals surface area contributed by atoms with Crippen LogP contribution in [0.5, 0.6) is 0 Å². The van der Waals surface area contributed by atoms with E-state index in [0.29, 0.717) is 0 Å². The summed E-state index contributed by atoms with van der Waals surface area (Å²) in [4.78, 5) is 14.4. The lowest BCUT2D eigenvalue weighted by Crippen LogP contribution is -2.41. The van der Waals surface area contributed by atoms with Gasteiger partial charge in [0.2, 0.25) is 0 Å². The van der Waals surface area contributed by atoms with Gasteiger partial charge in [0, 0.05) is 30.2 Å². The monoisotopic (exact) mass is 254 g/mol. The Morgan fingerprint density at radius 1 is 1.41 bits per heavy atom. The number of hydrogen-bond donors (Lipinski definition) is 0. The molecule has 1 unspecified atom stereocenters. The molecular weight excluding hydrogens is 232 g/mol. The molecule has 1 atom stereocenters. The first kappa shape index (κ1) is 12.8. The molecule has 0 aromatic carbocycles. The van der Waals surface area contributed by atoms with Gasteiger partial charge in [-0.2, -0.15) is 0 Å². The van der Waals surface area contributed by atoms with Crippen molar-refractivity contribution >= 4 is 11.3 Å². The lowest BCUT2D eigenvalue weighted by molar-refractivity contribution is 0.138. The summed E-state index contributed by atoms with van der Waals surface area (Å²) >= 11 is 1.31. The van der Waals surface area contributed by atoms with Gasteiger partial charge in [-0.15, -0.1) is 0 Å². The molecule has 2 rings (SSSR count). The highest BCUT2D eigenvalue weighted by Gasteiger charge is 2.20. The van der Waals surface area contributed by atoms with Crippen molar-refractivity contribution in [3.05, 3.63) is 20.7 Å². The smallest absolute Gasteiger partial charge is 0.302 e. The molecule has 4 heteroatoms. The zero-order valence-electron chi connectivity index (χ0n) is 10.8. The second kappa shape index (κ2) is 5.83. The molecule has 1 aromatic heterocycles. The zero-order chi connectivity index (χ0) is 12.3. The molecule has 17 heavy (non-hydrogen) atoms. The second-order valence-electron chi connectivity index (χ2n) is 4.89.